The predicted molar refractivity (Wildman–Crippen MR) is 119 cm³/mol. The average molecular weight is 453 g/mol. The first-order valence-electron chi connectivity index (χ1n) is 9.73. The van der Waals surface area contributed by atoms with Crippen LogP contribution in [-0.2, 0) is 4.74 Å². The summed E-state index contributed by atoms with van der Waals surface area (Å²) in [6, 6.07) is 6.67. The number of nitrogens with zero attached hydrogens (tertiary/aromatic N) is 2. The fourth-order valence-electron chi connectivity index (χ4n) is 3.47. The summed E-state index contributed by atoms with van der Waals surface area (Å²) in [6.07, 6.45) is 4.01. The second-order valence-corrected chi connectivity index (χ2v) is 7.46. The monoisotopic (exact) mass is 452 g/mol. The van der Waals surface area contributed by atoms with Crippen LogP contribution in [0.25, 0.3) is 0 Å². The van der Waals surface area contributed by atoms with Gasteiger partial charge in [0.15, 0.2) is 0 Å². The van der Waals surface area contributed by atoms with Crippen molar-refractivity contribution in [3.63, 3.8) is 0 Å². The number of nitrogens with one attached hydrogen (secondary N) is 1. The number of benzene rings is 1. The van der Waals surface area contributed by atoms with Gasteiger partial charge in [-0.25, -0.2) is 0 Å². The van der Waals surface area contributed by atoms with Gasteiger partial charge in [0.2, 0.25) is 0 Å². The molecule has 1 aliphatic rings. The highest BCUT2D eigenvalue weighted by Gasteiger charge is 2.31. The van der Waals surface area contributed by atoms with Crippen LogP contribution in [0.5, 0.6) is 11.5 Å². The number of halogens is 1. The molecule has 10 heteroatoms. The number of piperidine rings is 1. The molecule has 0 radical (unpaired) electrons. The van der Waals surface area contributed by atoms with Crippen LogP contribution in [-0.4, -0.2) is 73.9 Å². The molecule has 2 unspecified atom stereocenters. The molecule has 1 amide bonds. The number of carbonyl (C=O) groups excluding carboxylic acids is 1. The summed E-state index contributed by atoms with van der Waals surface area (Å²) in [5.74, 6) is 0.863. The van der Waals surface area contributed by atoms with Crippen molar-refractivity contribution in [1.82, 2.24) is 15.2 Å². The number of anilines is 1. The summed E-state index contributed by atoms with van der Waals surface area (Å²) in [4.78, 5) is 19.1. The molecule has 9 nitrogen and oxygen atoms in total. The average Bonchev–Trinajstić information content (AvgIpc) is 2.76. The third kappa shape index (κ3) is 6.44. The number of nitrogen functional groups attached to an aromatic ring is 1. The van der Waals surface area contributed by atoms with Crippen molar-refractivity contribution >= 4 is 23.2 Å². The zero-order valence-corrected chi connectivity index (χ0v) is 18.4. The van der Waals surface area contributed by atoms with Crippen molar-refractivity contribution in [3.8, 4) is 11.5 Å². The normalized spacial score (nSPS) is 18.7. The van der Waals surface area contributed by atoms with Crippen LogP contribution in [0.3, 0.4) is 0 Å². The van der Waals surface area contributed by atoms with E-state index in [0.717, 1.165) is 25.3 Å². The van der Waals surface area contributed by atoms with Crippen molar-refractivity contribution in [3.05, 3.63) is 47.2 Å². The quantitative estimate of drug-likeness (QED) is 0.579. The summed E-state index contributed by atoms with van der Waals surface area (Å²) in [5.41, 5.74) is 6.51. The Kier molecular flexibility index (Phi) is 9.32. The summed E-state index contributed by atoms with van der Waals surface area (Å²) < 4.78 is 16.7. The summed E-state index contributed by atoms with van der Waals surface area (Å²) in [6.45, 7) is 2.83. The molecule has 5 N–H and O–H groups in total. The number of likely N-dealkylation sites (tertiary alicyclic amines) is 1. The zero-order chi connectivity index (χ0) is 21.5. The second kappa shape index (κ2) is 11.7. The third-order valence-electron chi connectivity index (χ3n) is 5.14. The number of aromatic nitrogens is 1. The van der Waals surface area contributed by atoms with E-state index in [1.807, 2.05) is 12.1 Å². The molecular formula is C21H29ClN4O5. The first-order chi connectivity index (χ1) is 14.5. The number of hydrogen-bond donors (Lipinski definition) is 2. The summed E-state index contributed by atoms with van der Waals surface area (Å²) in [5, 5.41) is 3.36. The Bertz CT molecular complexity index is 855. The van der Waals surface area contributed by atoms with Gasteiger partial charge in [-0.2, -0.15) is 0 Å². The van der Waals surface area contributed by atoms with Crippen LogP contribution in [0.15, 0.2) is 36.7 Å². The third-order valence-corrected chi connectivity index (χ3v) is 5.46. The highest BCUT2D eigenvalue weighted by atomic mass is 35.5. The van der Waals surface area contributed by atoms with Crippen LogP contribution >= 0.6 is 11.6 Å². The molecule has 0 saturated carbocycles. The molecule has 3 rings (SSSR count). The number of amides is 1. The lowest BCUT2D eigenvalue weighted by Gasteiger charge is -2.38. The van der Waals surface area contributed by atoms with Gasteiger partial charge in [-0.3, -0.25) is 14.7 Å². The van der Waals surface area contributed by atoms with Crippen LogP contribution in [0.1, 0.15) is 16.8 Å². The minimum Gasteiger partial charge on any atom is -0.496 e. The molecule has 1 saturated heterocycles. The summed E-state index contributed by atoms with van der Waals surface area (Å²) in [7, 11) is 3.14. The Labute approximate surface area is 186 Å². The van der Waals surface area contributed by atoms with Crippen molar-refractivity contribution in [2.75, 3.05) is 46.2 Å². The van der Waals surface area contributed by atoms with E-state index in [1.54, 1.807) is 25.6 Å². The molecule has 31 heavy (non-hydrogen) atoms. The maximum atomic E-state index is 12.8. The fraction of sp³-hybridized carbons (Fsp3) is 0.429. The van der Waals surface area contributed by atoms with Gasteiger partial charge in [0.25, 0.3) is 5.91 Å². The molecule has 0 aliphatic carbocycles. The smallest absolute Gasteiger partial charge is 0.255 e. The topological polar surface area (TPSA) is 130 Å². The van der Waals surface area contributed by atoms with Gasteiger partial charge >= 0.3 is 0 Å². The molecule has 2 aromatic rings. The lowest BCUT2D eigenvalue weighted by Crippen LogP contribution is -2.55. The Morgan fingerprint density at radius 2 is 2.19 bits per heavy atom. The van der Waals surface area contributed by atoms with E-state index in [-0.39, 0.29) is 23.5 Å². The summed E-state index contributed by atoms with van der Waals surface area (Å²) >= 11 is 6.09. The van der Waals surface area contributed by atoms with Crippen LogP contribution in [0, 0.1) is 0 Å². The number of hydrogen-bond acceptors (Lipinski definition) is 7. The molecule has 1 fully saturated rings. The Balaban J connectivity index is 0.00000341. The number of ether oxygens (including phenoxy) is 3. The van der Waals surface area contributed by atoms with E-state index in [9.17, 15) is 4.79 Å². The Morgan fingerprint density at radius 3 is 2.87 bits per heavy atom. The molecular weight excluding hydrogens is 424 g/mol. The maximum Gasteiger partial charge on any atom is 0.255 e. The number of rotatable bonds is 8. The predicted octanol–water partition coefficient (Wildman–Crippen LogP) is 1.40. The van der Waals surface area contributed by atoms with Gasteiger partial charge in [-0.15, -0.1) is 0 Å². The van der Waals surface area contributed by atoms with Crippen LogP contribution in [0.2, 0.25) is 5.02 Å². The molecule has 2 heterocycles. The van der Waals surface area contributed by atoms with E-state index in [0.29, 0.717) is 35.2 Å². The maximum absolute atomic E-state index is 12.8. The first-order valence-corrected chi connectivity index (χ1v) is 10.1. The zero-order valence-electron chi connectivity index (χ0n) is 17.6. The van der Waals surface area contributed by atoms with Gasteiger partial charge in [0.05, 0.1) is 41.7 Å². The molecule has 2 atom stereocenters. The van der Waals surface area contributed by atoms with Crippen molar-refractivity contribution in [2.45, 2.75) is 18.6 Å². The largest absolute Gasteiger partial charge is 0.496 e. The van der Waals surface area contributed by atoms with Crippen molar-refractivity contribution in [1.29, 1.82) is 0 Å². The van der Waals surface area contributed by atoms with E-state index >= 15 is 0 Å². The van der Waals surface area contributed by atoms with Crippen LogP contribution in [0.4, 0.5) is 5.69 Å². The standard InChI is InChI=1S/C21H27ClN4O4.H2O/c1-28-19-11-17(23)16(22)10-15(19)21(27)25-18-5-7-26(13-20(18)29-2)8-9-30-14-4-3-6-24-12-14;/h3-4,6,10-12,18,20H,5,7-9,13,23H2,1-2H3,(H,25,27);1H2. The fourth-order valence-corrected chi connectivity index (χ4v) is 3.64. The highest BCUT2D eigenvalue weighted by Crippen LogP contribution is 2.29. The molecule has 170 valence electrons. The van der Waals surface area contributed by atoms with Crippen molar-refractivity contribution < 1.29 is 24.5 Å². The SMILES string of the molecule is COc1cc(N)c(Cl)cc1C(=O)NC1CCN(CCOc2cccnc2)CC1OC.O. The first kappa shape index (κ1) is 24.7. The lowest BCUT2D eigenvalue weighted by atomic mass is 10.0. The Morgan fingerprint density at radius 1 is 1.39 bits per heavy atom. The van der Waals surface area contributed by atoms with E-state index in [2.05, 4.69) is 15.2 Å². The van der Waals surface area contributed by atoms with Gasteiger partial charge in [0.1, 0.15) is 18.1 Å². The molecule has 0 spiro atoms. The molecule has 1 aromatic carbocycles. The number of carbonyl (C=O) groups is 1. The van der Waals surface area contributed by atoms with E-state index < -0.39 is 0 Å². The molecule has 0 bridgehead atoms. The minimum absolute atomic E-state index is 0. The van der Waals surface area contributed by atoms with Gasteiger partial charge in [-0.05, 0) is 24.6 Å². The number of methoxy groups -OCH3 is 2. The van der Waals surface area contributed by atoms with Gasteiger partial charge in [0, 0.05) is 39.0 Å². The van der Waals surface area contributed by atoms with Crippen molar-refractivity contribution in [2.24, 2.45) is 0 Å². The van der Waals surface area contributed by atoms with E-state index in [4.69, 9.17) is 31.5 Å². The second-order valence-electron chi connectivity index (χ2n) is 7.05. The highest BCUT2D eigenvalue weighted by molar-refractivity contribution is 6.33. The molecule has 1 aromatic heterocycles. The van der Waals surface area contributed by atoms with Gasteiger partial charge < -0.3 is 30.7 Å². The number of pyridine rings is 1. The number of nitrogens with two attached hydrogens (primary N) is 1. The minimum atomic E-state index is -0.269. The molecule has 1 aliphatic heterocycles. The van der Waals surface area contributed by atoms with Crippen LogP contribution < -0.4 is 20.5 Å². The van der Waals surface area contributed by atoms with Gasteiger partial charge in [-0.1, -0.05) is 11.6 Å². The van der Waals surface area contributed by atoms with E-state index in [1.165, 1.54) is 13.2 Å². The lowest BCUT2D eigenvalue weighted by molar-refractivity contribution is 0.00321. The Hall–Kier alpha value is -2.59.